The molecule has 2 aromatic carbocycles. The van der Waals surface area contributed by atoms with Crippen molar-refractivity contribution in [2.75, 3.05) is 12.4 Å². The molecule has 0 heterocycles. The highest BCUT2D eigenvalue weighted by Crippen LogP contribution is 2.08. The SMILES string of the molecule is CNc1ccc(CNCc2ccc(F)cc2)cc1. The second kappa shape index (κ2) is 6.17. The highest BCUT2D eigenvalue weighted by molar-refractivity contribution is 5.43. The standard InChI is InChI=1S/C15H17FN2/c1-17-15-8-4-13(5-9-15)11-18-10-12-2-6-14(16)7-3-12/h2-9,17-18H,10-11H2,1H3. The predicted octanol–water partition coefficient (Wildman–Crippen LogP) is 3.16. The summed E-state index contributed by atoms with van der Waals surface area (Å²) in [6.45, 7) is 1.55. The van der Waals surface area contributed by atoms with Gasteiger partial charge in [-0.2, -0.15) is 0 Å². The lowest BCUT2D eigenvalue weighted by molar-refractivity contribution is 0.625. The Morgan fingerprint density at radius 2 is 1.33 bits per heavy atom. The Labute approximate surface area is 107 Å². The van der Waals surface area contributed by atoms with Gasteiger partial charge in [0.1, 0.15) is 5.82 Å². The van der Waals surface area contributed by atoms with E-state index in [4.69, 9.17) is 0 Å². The van der Waals surface area contributed by atoms with Crippen molar-refractivity contribution >= 4 is 5.69 Å². The number of anilines is 1. The van der Waals surface area contributed by atoms with Gasteiger partial charge in [-0.05, 0) is 35.4 Å². The molecule has 0 unspecified atom stereocenters. The van der Waals surface area contributed by atoms with Gasteiger partial charge in [-0.25, -0.2) is 4.39 Å². The summed E-state index contributed by atoms with van der Waals surface area (Å²) in [4.78, 5) is 0. The van der Waals surface area contributed by atoms with Crippen LogP contribution in [0.3, 0.4) is 0 Å². The summed E-state index contributed by atoms with van der Waals surface area (Å²) in [5, 5.41) is 6.42. The van der Waals surface area contributed by atoms with Crippen LogP contribution < -0.4 is 10.6 Å². The van der Waals surface area contributed by atoms with Crippen LogP contribution in [0.5, 0.6) is 0 Å². The molecule has 0 saturated heterocycles. The van der Waals surface area contributed by atoms with E-state index in [2.05, 4.69) is 34.9 Å². The lowest BCUT2D eigenvalue weighted by Crippen LogP contribution is -2.12. The lowest BCUT2D eigenvalue weighted by atomic mass is 10.2. The molecule has 2 nitrogen and oxygen atoms in total. The lowest BCUT2D eigenvalue weighted by Gasteiger charge is -2.06. The van der Waals surface area contributed by atoms with Crippen molar-refractivity contribution in [2.45, 2.75) is 13.1 Å². The van der Waals surface area contributed by atoms with Gasteiger partial charge in [-0.15, -0.1) is 0 Å². The number of nitrogens with one attached hydrogen (secondary N) is 2. The molecule has 0 bridgehead atoms. The highest BCUT2D eigenvalue weighted by Gasteiger charge is 1.95. The second-order valence-electron chi connectivity index (χ2n) is 4.18. The van der Waals surface area contributed by atoms with Gasteiger partial charge in [0.05, 0.1) is 0 Å². The molecule has 2 aromatic rings. The molecule has 2 N–H and O–H groups in total. The number of benzene rings is 2. The smallest absolute Gasteiger partial charge is 0.123 e. The zero-order valence-corrected chi connectivity index (χ0v) is 10.4. The van der Waals surface area contributed by atoms with Crippen LogP contribution in [0.2, 0.25) is 0 Å². The molecule has 0 aromatic heterocycles. The van der Waals surface area contributed by atoms with E-state index in [1.165, 1.54) is 17.7 Å². The first-order chi connectivity index (χ1) is 8.78. The van der Waals surface area contributed by atoms with Gasteiger partial charge < -0.3 is 10.6 Å². The first-order valence-corrected chi connectivity index (χ1v) is 6.00. The molecule has 0 atom stereocenters. The minimum atomic E-state index is -0.193. The van der Waals surface area contributed by atoms with Gasteiger partial charge in [-0.3, -0.25) is 0 Å². The topological polar surface area (TPSA) is 24.1 Å². The minimum absolute atomic E-state index is 0.193. The largest absolute Gasteiger partial charge is 0.388 e. The predicted molar refractivity (Wildman–Crippen MR) is 72.9 cm³/mol. The van der Waals surface area contributed by atoms with E-state index in [-0.39, 0.29) is 5.82 Å². The normalized spacial score (nSPS) is 10.3. The molecule has 0 aliphatic heterocycles. The van der Waals surface area contributed by atoms with Crippen molar-refractivity contribution in [3.63, 3.8) is 0 Å². The molecule has 0 aliphatic carbocycles. The maximum atomic E-state index is 12.7. The fourth-order valence-electron chi connectivity index (χ4n) is 1.74. The van der Waals surface area contributed by atoms with Gasteiger partial charge in [0.2, 0.25) is 0 Å². The fourth-order valence-corrected chi connectivity index (χ4v) is 1.74. The van der Waals surface area contributed by atoms with E-state index in [1.807, 2.05) is 7.05 Å². The van der Waals surface area contributed by atoms with Gasteiger partial charge in [0.25, 0.3) is 0 Å². The highest BCUT2D eigenvalue weighted by atomic mass is 19.1. The summed E-state index contributed by atoms with van der Waals surface area (Å²) < 4.78 is 12.7. The van der Waals surface area contributed by atoms with Crippen LogP contribution in [0.15, 0.2) is 48.5 Å². The third-order valence-corrected chi connectivity index (χ3v) is 2.81. The molecule has 3 heteroatoms. The van der Waals surface area contributed by atoms with Crippen molar-refractivity contribution in [3.05, 3.63) is 65.5 Å². The summed E-state index contributed by atoms with van der Waals surface area (Å²) in [5.74, 6) is -0.193. The molecule has 0 amide bonds. The summed E-state index contributed by atoms with van der Waals surface area (Å²) >= 11 is 0. The molecule has 0 saturated carbocycles. The van der Waals surface area contributed by atoms with E-state index >= 15 is 0 Å². The van der Waals surface area contributed by atoms with Crippen LogP contribution in [-0.4, -0.2) is 7.05 Å². The zero-order chi connectivity index (χ0) is 12.8. The molecule has 0 radical (unpaired) electrons. The van der Waals surface area contributed by atoms with Gasteiger partial charge in [0, 0.05) is 25.8 Å². The Bertz CT molecular complexity index is 477. The van der Waals surface area contributed by atoms with E-state index in [0.29, 0.717) is 0 Å². The third-order valence-electron chi connectivity index (χ3n) is 2.81. The third kappa shape index (κ3) is 3.57. The van der Waals surface area contributed by atoms with Crippen molar-refractivity contribution in [2.24, 2.45) is 0 Å². The summed E-state index contributed by atoms with van der Waals surface area (Å²) in [6, 6.07) is 14.8. The van der Waals surface area contributed by atoms with Crippen molar-refractivity contribution < 1.29 is 4.39 Å². The first-order valence-electron chi connectivity index (χ1n) is 6.00. The number of rotatable bonds is 5. The minimum Gasteiger partial charge on any atom is -0.388 e. The Hall–Kier alpha value is -1.87. The van der Waals surface area contributed by atoms with E-state index in [0.717, 1.165) is 24.3 Å². The van der Waals surface area contributed by atoms with Gasteiger partial charge >= 0.3 is 0 Å². The molecular formula is C15H17FN2. The quantitative estimate of drug-likeness (QED) is 0.844. The maximum absolute atomic E-state index is 12.7. The van der Waals surface area contributed by atoms with Crippen molar-refractivity contribution in [1.29, 1.82) is 0 Å². The molecule has 0 aliphatic rings. The number of hydrogen-bond acceptors (Lipinski definition) is 2. The summed E-state index contributed by atoms with van der Waals surface area (Å²) in [7, 11) is 1.90. The molecule has 2 rings (SSSR count). The molecule has 18 heavy (non-hydrogen) atoms. The van der Waals surface area contributed by atoms with Gasteiger partial charge in [0.15, 0.2) is 0 Å². The molecule has 0 fully saturated rings. The Morgan fingerprint density at radius 3 is 1.83 bits per heavy atom. The molecule has 94 valence electrons. The van der Waals surface area contributed by atoms with Crippen LogP contribution in [0.25, 0.3) is 0 Å². The van der Waals surface area contributed by atoms with E-state index < -0.39 is 0 Å². The van der Waals surface area contributed by atoms with Crippen molar-refractivity contribution in [1.82, 2.24) is 5.32 Å². The zero-order valence-electron chi connectivity index (χ0n) is 10.4. The second-order valence-corrected chi connectivity index (χ2v) is 4.18. The van der Waals surface area contributed by atoms with Crippen LogP contribution in [0.4, 0.5) is 10.1 Å². The monoisotopic (exact) mass is 244 g/mol. The summed E-state index contributed by atoms with van der Waals surface area (Å²) in [5.41, 5.74) is 3.43. The van der Waals surface area contributed by atoms with Crippen molar-refractivity contribution in [3.8, 4) is 0 Å². The summed E-state index contributed by atoms with van der Waals surface area (Å²) in [6.07, 6.45) is 0. The maximum Gasteiger partial charge on any atom is 0.123 e. The molecular weight excluding hydrogens is 227 g/mol. The van der Waals surface area contributed by atoms with Crippen LogP contribution >= 0.6 is 0 Å². The first kappa shape index (κ1) is 12.6. The fraction of sp³-hybridized carbons (Fsp3) is 0.200. The Morgan fingerprint density at radius 1 is 0.833 bits per heavy atom. The van der Waals surface area contributed by atoms with Crippen LogP contribution in [0.1, 0.15) is 11.1 Å². The van der Waals surface area contributed by atoms with Crippen LogP contribution in [0, 0.1) is 5.82 Å². The number of halogens is 1. The number of hydrogen-bond donors (Lipinski definition) is 2. The molecule has 0 spiro atoms. The van der Waals surface area contributed by atoms with Gasteiger partial charge in [-0.1, -0.05) is 24.3 Å². The average molecular weight is 244 g/mol. The van der Waals surface area contributed by atoms with Crippen LogP contribution in [-0.2, 0) is 13.1 Å². The average Bonchev–Trinajstić information content (AvgIpc) is 2.42. The van der Waals surface area contributed by atoms with E-state index in [9.17, 15) is 4.39 Å². The Balaban J connectivity index is 1.82. The van der Waals surface area contributed by atoms with E-state index in [1.54, 1.807) is 12.1 Å². The Kier molecular flexibility index (Phi) is 4.31.